The number of nitrogens with one attached hydrogen (secondary N) is 1. The second-order valence-corrected chi connectivity index (χ2v) is 7.26. The van der Waals surface area contributed by atoms with Crippen LogP contribution in [0.4, 0.5) is 0 Å². The van der Waals surface area contributed by atoms with Gasteiger partial charge in [0.2, 0.25) is 11.8 Å². The summed E-state index contributed by atoms with van der Waals surface area (Å²) >= 11 is 7.20. The van der Waals surface area contributed by atoms with Gasteiger partial charge in [0.25, 0.3) is 5.22 Å². The first-order valence-corrected chi connectivity index (χ1v) is 9.97. The number of rotatable bonds is 10. The molecule has 0 fully saturated rings. The second kappa shape index (κ2) is 10.5. The van der Waals surface area contributed by atoms with Crippen LogP contribution in [0.15, 0.2) is 33.9 Å². The lowest BCUT2D eigenvalue weighted by molar-refractivity contribution is -0.118. The van der Waals surface area contributed by atoms with Crippen LogP contribution in [0.1, 0.15) is 39.5 Å². The highest BCUT2D eigenvalue weighted by molar-refractivity contribution is 7.99. The van der Waals surface area contributed by atoms with Crippen molar-refractivity contribution in [3.63, 3.8) is 0 Å². The number of benzene rings is 1. The summed E-state index contributed by atoms with van der Waals surface area (Å²) in [5, 5.41) is 11.9. The maximum Gasteiger partial charge on any atom is 0.277 e. The molecule has 0 saturated carbocycles. The van der Waals surface area contributed by atoms with Gasteiger partial charge in [-0.3, -0.25) is 4.79 Å². The summed E-state index contributed by atoms with van der Waals surface area (Å²) in [5.74, 6) is 1.20. The fourth-order valence-electron chi connectivity index (χ4n) is 2.39. The van der Waals surface area contributed by atoms with Gasteiger partial charge >= 0.3 is 0 Å². The Kier molecular flexibility index (Phi) is 8.28. The molecular weight excluding hydrogens is 358 g/mol. The zero-order chi connectivity index (χ0) is 18.1. The zero-order valence-electron chi connectivity index (χ0n) is 14.6. The van der Waals surface area contributed by atoms with Crippen LogP contribution in [0.2, 0.25) is 5.02 Å². The number of nitrogens with zero attached hydrogens (tertiary/aromatic N) is 2. The van der Waals surface area contributed by atoms with Crippen molar-refractivity contribution >= 4 is 29.3 Å². The fraction of sp³-hybridized carbons (Fsp3) is 0.500. The topological polar surface area (TPSA) is 68.0 Å². The molecule has 0 spiro atoms. The molecule has 2 rings (SSSR count). The summed E-state index contributed by atoms with van der Waals surface area (Å²) in [6, 6.07) is 7.22. The number of halogens is 1. The van der Waals surface area contributed by atoms with E-state index in [0.717, 1.165) is 24.9 Å². The number of aromatic nitrogens is 2. The summed E-state index contributed by atoms with van der Waals surface area (Å²) in [6.45, 7) is 5.08. The van der Waals surface area contributed by atoms with Crippen molar-refractivity contribution in [1.29, 1.82) is 0 Å². The van der Waals surface area contributed by atoms with Gasteiger partial charge in [0.1, 0.15) is 0 Å². The predicted molar refractivity (Wildman–Crippen MR) is 102 cm³/mol. The molecule has 0 aliphatic heterocycles. The molecule has 7 heteroatoms. The Labute approximate surface area is 157 Å². The normalized spacial score (nSPS) is 12.1. The third kappa shape index (κ3) is 6.71. The fourth-order valence-corrected chi connectivity index (χ4v) is 3.17. The van der Waals surface area contributed by atoms with Gasteiger partial charge in [-0.1, -0.05) is 62.5 Å². The Morgan fingerprint density at radius 3 is 2.92 bits per heavy atom. The number of hydrogen-bond donors (Lipinski definition) is 1. The molecule has 0 unspecified atom stereocenters. The molecule has 136 valence electrons. The number of carbonyl (C=O) groups excluding carboxylic acids is 1. The number of unbranched alkanes of at least 4 members (excludes halogenated alkanes) is 1. The van der Waals surface area contributed by atoms with Crippen LogP contribution < -0.4 is 5.32 Å². The van der Waals surface area contributed by atoms with Gasteiger partial charge in [-0.25, -0.2) is 0 Å². The Bertz CT molecular complexity index is 678. The molecule has 0 saturated heterocycles. The van der Waals surface area contributed by atoms with Crippen LogP contribution in [0.5, 0.6) is 0 Å². The third-order valence-electron chi connectivity index (χ3n) is 3.94. The standard InChI is InChI=1S/C18H24ClN3O2S/c1-3-5-7-13(4-2)11-20-16(23)12-25-18-22-21-17(24-18)14-8-6-9-15(19)10-14/h6,8-10,13H,3-5,7,11-12H2,1-2H3,(H,20,23)/t13-/m1/s1. The quantitative estimate of drug-likeness (QED) is 0.598. The SMILES string of the molecule is CCCC[C@@H](CC)CNC(=O)CSc1nnc(-c2cccc(Cl)c2)o1. The summed E-state index contributed by atoms with van der Waals surface area (Å²) < 4.78 is 5.58. The first kappa shape index (κ1) is 19.8. The molecule has 25 heavy (non-hydrogen) atoms. The van der Waals surface area contributed by atoms with E-state index in [1.165, 1.54) is 24.6 Å². The van der Waals surface area contributed by atoms with Crippen LogP contribution in [-0.2, 0) is 4.79 Å². The van der Waals surface area contributed by atoms with Crippen molar-refractivity contribution in [3.05, 3.63) is 29.3 Å². The van der Waals surface area contributed by atoms with Gasteiger partial charge in [0, 0.05) is 17.1 Å². The van der Waals surface area contributed by atoms with E-state index in [4.69, 9.17) is 16.0 Å². The average Bonchev–Trinajstić information content (AvgIpc) is 3.09. The molecule has 1 atom stereocenters. The number of thioether (sulfide) groups is 1. The van der Waals surface area contributed by atoms with E-state index in [1.54, 1.807) is 12.1 Å². The van der Waals surface area contributed by atoms with Crippen molar-refractivity contribution in [2.24, 2.45) is 5.92 Å². The average molecular weight is 382 g/mol. The summed E-state index contributed by atoms with van der Waals surface area (Å²) in [4.78, 5) is 12.0. The smallest absolute Gasteiger partial charge is 0.277 e. The van der Waals surface area contributed by atoms with E-state index in [2.05, 4.69) is 29.4 Å². The number of carbonyl (C=O) groups is 1. The summed E-state index contributed by atoms with van der Waals surface area (Å²) in [7, 11) is 0. The molecule has 1 N–H and O–H groups in total. The molecule has 1 heterocycles. The minimum Gasteiger partial charge on any atom is -0.411 e. The van der Waals surface area contributed by atoms with Crippen LogP contribution in [0, 0.1) is 5.92 Å². The van der Waals surface area contributed by atoms with E-state index in [9.17, 15) is 4.79 Å². The van der Waals surface area contributed by atoms with Crippen molar-refractivity contribution < 1.29 is 9.21 Å². The largest absolute Gasteiger partial charge is 0.411 e. The van der Waals surface area contributed by atoms with Crippen LogP contribution in [0.3, 0.4) is 0 Å². The van der Waals surface area contributed by atoms with Crippen molar-refractivity contribution in [2.75, 3.05) is 12.3 Å². The van der Waals surface area contributed by atoms with Gasteiger partial charge in [-0.2, -0.15) is 0 Å². The van der Waals surface area contributed by atoms with Gasteiger partial charge in [0.15, 0.2) is 0 Å². The van der Waals surface area contributed by atoms with E-state index in [-0.39, 0.29) is 11.7 Å². The Morgan fingerprint density at radius 1 is 1.36 bits per heavy atom. The first-order chi connectivity index (χ1) is 12.1. The molecule has 1 aromatic carbocycles. The molecule has 5 nitrogen and oxygen atoms in total. The minimum absolute atomic E-state index is 0.0116. The molecule has 0 bridgehead atoms. The predicted octanol–water partition coefficient (Wildman–Crippen LogP) is 4.81. The Balaban J connectivity index is 1.78. The maximum absolute atomic E-state index is 12.0. The lowest BCUT2D eigenvalue weighted by atomic mass is 9.99. The summed E-state index contributed by atoms with van der Waals surface area (Å²) in [6.07, 6.45) is 4.64. The maximum atomic E-state index is 12.0. The molecular formula is C18H24ClN3O2S. The van der Waals surface area contributed by atoms with Crippen LogP contribution in [-0.4, -0.2) is 28.4 Å². The lowest BCUT2D eigenvalue weighted by Crippen LogP contribution is -2.30. The van der Waals surface area contributed by atoms with E-state index in [1.807, 2.05) is 12.1 Å². The molecule has 1 amide bonds. The molecule has 0 radical (unpaired) electrons. The van der Waals surface area contributed by atoms with Crippen molar-refractivity contribution in [3.8, 4) is 11.5 Å². The highest BCUT2D eigenvalue weighted by Crippen LogP contribution is 2.25. The lowest BCUT2D eigenvalue weighted by Gasteiger charge is -2.14. The molecule has 1 aromatic heterocycles. The number of amides is 1. The van der Waals surface area contributed by atoms with Gasteiger partial charge in [-0.05, 0) is 30.5 Å². The zero-order valence-corrected chi connectivity index (χ0v) is 16.2. The van der Waals surface area contributed by atoms with Crippen molar-refractivity contribution in [2.45, 2.75) is 44.8 Å². The van der Waals surface area contributed by atoms with Crippen LogP contribution in [0.25, 0.3) is 11.5 Å². The Morgan fingerprint density at radius 2 is 2.20 bits per heavy atom. The number of hydrogen-bond acceptors (Lipinski definition) is 5. The van der Waals surface area contributed by atoms with E-state index in [0.29, 0.717) is 22.1 Å². The molecule has 0 aliphatic rings. The first-order valence-electron chi connectivity index (χ1n) is 8.61. The monoisotopic (exact) mass is 381 g/mol. The minimum atomic E-state index is -0.0116. The molecule has 0 aliphatic carbocycles. The molecule has 2 aromatic rings. The van der Waals surface area contributed by atoms with Crippen molar-refractivity contribution in [1.82, 2.24) is 15.5 Å². The highest BCUT2D eigenvalue weighted by Gasteiger charge is 2.12. The summed E-state index contributed by atoms with van der Waals surface area (Å²) in [5.41, 5.74) is 0.762. The third-order valence-corrected chi connectivity index (χ3v) is 4.99. The second-order valence-electron chi connectivity index (χ2n) is 5.89. The van der Waals surface area contributed by atoms with Gasteiger partial charge < -0.3 is 9.73 Å². The van der Waals surface area contributed by atoms with E-state index < -0.39 is 0 Å². The Hall–Kier alpha value is -1.53. The highest BCUT2D eigenvalue weighted by atomic mass is 35.5. The van der Waals surface area contributed by atoms with Crippen LogP contribution >= 0.6 is 23.4 Å². The van der Waals surface area contributed by atoms with Gasteiger partial charge in [-0.15, -0.1) is 10.2 Å². The van der Waals surface area contributed by atoms with E-state index >= 15 is 0 Å². The van der Waals surface area contributed by atoms with Gasteiger partial charge in [0.05, 0.1) is 5.75 Å².